The van der Waals surface area contributed by atoms with Gasteiger partial charge in [0.2, 0.25) is 15.9 Å². The molecule has 21 heavy (non-hydrogen) atoms. The fraction of sp³-hybridized carbons (Fsp3) is 0.462. The Bertz CT molecular complexity index is 573. The summed E-state index contributed by atoms with van der Waals surface area (Å²) in [5.41, 5.74) is 0.462. The lowest BCUT2D eigenvalue weighted by Crippen LogP contribution is -2.42. The molecule has 0 saturated heterocycles. The molecule has 0 radical (unpaired) electrons. The second-order valence-corrected chi connectivity index (χ2v) is 7.72. The van der Waals surface area contributed by atoms with Crippen LogP contribution in [0.1, 0.15) is 0 Å². The van der Waals surface area contributed by atoms with E-state index in [9.17, 15) is 13.2 Å². The molecule has 1 rings (SSSR count). The molecule has 1 N–H and O–H groups in total. The molecule has 1 aromatic rings. The molecule has 0 aromatic heterocycles. The third-order valence-electron chi connectivity index (χ3n) is 2.68. The highest BCUT2D eigenvalue weighted by molar-refractivity contribution is 9.10. The van der Waals surface area contributed by atoms with Crippen molar-refractivity contribution in [1.29, 1.82) is 0 Å². The molecule has 8 heteroatoms. The van der Waals surface area contributed by atoms with Crippen molar-refractivity contribution in [2.75, 3.05) is 44.3 Å². The van der Waals surface area contributed by atoms with Gasteiger partial charge >= 0.3 is 0 Å². The first kappa shape index (κ1) is 17.9. The molecule has 0 heterocycles. The third-order valence-corrected chi connectivity index (χ3v) is 4.35. The van der Waals surface area contributed by atoms with Crippen molar-refractivity contribution < 1.29 is 13.2 Å². The quantitative estimate of drug-likeness (QED) is 0.765. The van der Waals surface area contributed by atoms with Gasteiger partial charge in [0.05, 0.1) is 11.9 Å². The predicted octanol–water partition coefficient (Wildman–Crippen LogP) is 0.893. The summed E-state index contributed by atoms with van der Waals surface area (Å²) < 4.78 is 25.7. The summed E-state index contributed by atoms with van der Waals surface area (Å²) >= 11 is 3.29. The maximum Gasteiger partial charge on any atom is 0.240 e. The molecule has 0 saturated carbocycles. The number of carbonyl (C=O) groups excluding carboxylic acids is 1. The molecule has 0 spiro atoms. The van der Waals surface area contributed by atoms with E-state index in [2.05, 4.69) is 21.2 Å². The first-order chi connectivity index (χ1) is 9.70. The summed E-state index contributed by atoms with van der Waals surface area (Å²) in [4.78, 5) is 13.8. The van der Waals surface area contributed by atoms with Gasteiger partial charge < -0.3 is 10.2 Å². The maximum absolute atomic E-state index is 11.9. The van der Waals surface area contributed by atoms with Gasteiger partial charge in [-0.15, -0.1) is 0 Å². The minimum Gasteiger partial charge on any atom is -0.353 e. The zero-order valence-electron chi connectivity index (χ0n) is 12.3. The number of sulfonamides is 1. The van der Waals surface area contributed by atoms with E-state index in [0.717, 1.165) is 15.0 Å². The Morgan fingerprint density at radius 2 is 1.81 bits per heavy atom. The fourth-order valence-corrected chi connectivity index (χ4v) is 2.73. The van der Waals surface area contributed by atoms with Gasteiger partial charge in [0.1, 0.15) is 6.54 Å². The summed E-state index contributed by atoms with van der Waals surface area (Å²) in [5, 5.41) is 2.70. The van der Waals surface area contributed by atoms with E-state index in [4.69, 9.17) is 0 Å². The number of benzene rings is 1. The van der Waals surface area contributed by atoms with Gasteiger partial charge in [-0.25, -0.2) is 8.42 Å². The molecule has 0 aliphatic carbocycles. The number of likely N-dealkylation sites (N-methyl/N-ethyl adjacent to an activating group) is 1. The van der Waals surface area contributed by atoms with Crippen molar-refractivity contribution in [3.63, 3.8) is 0 Å². The topological polar surface area (TPSA) is 69.7 Å². The number of hydrogen-bond donors (Lipinski definition) is 1. The average Bonchev–Trinajstić information content (AvgIpc) is 2.35. The summed E-state index contributed by atoms with van der Waals surface area (Å²) in [5.74, 6) is -0.329. The van der Waals surface area contributed by atoms with E-state index >= 15 is 0 Å². The molecule has 118 valence electrons. The van der Waals surface area contributed by atoms with Gasteiger partial charge in [-0.05, 0) is 38.4 Å². The Hall–Kier alpha value is -1.12. The van der Waals surface area contributed by atoms with Gasteiger partial charge in [-0.3, -0.25) is 9.10 Å². The lowest BCUT2D eigenvalue weighted by Gasteiger charge is -2.22. The monoisotopic (exact) mass is 377 g/mol. The van der Waals surface area contributed by atoms with Gasteiger partial charge in [-0.1, -0.05) is 15.9 Å². The number of rotatable bonds is 7. The Morgan fingerprint density at radius 1 is 1.24 bits per heavy atom. The number of amides is 1. The Morgan fingerprint density at radius 3 is 2.29 bits per heavy atom. The Labute approximate surface area is 134 Å². The standard InChI is InChI=1S/C13H20BrN3O3S/c1-16(2)9-8-15-13(18)10-17(21(3,19)20)12-6-4-11(14)5-7-12/h4-7H,8-10H2,1-3H3,(H,15,18). The Balaban J connectivity index is 2.76. The molecule has 0 unspecified atom stereocenters. The summed E-state index contributed by atoms with van der Waals surface area (Å²) in [6.45, 7) is 0.945. The maximum atomic E-state index is 11.9. The van der Waals surface area contributed by atoms with E-state index < -0.39 is 10.0 Å². The molecule has 0 fully saturated rings. The Kier molecular flexibility index (Phi) is 6.63. The summed E-state index contributed by atoms with van der Waals surface area (Å²) in [7, 11) is 0.279. The van der Waals surface area contributed by atoms with Gasteiger partial charge in [0, 0.05) is 17.6 Å². The van der Waals surface area contributed by atoms with Crippen LogP contribution in [-0.2, 0) is 14.8 Å². The van der Waals surface area contributed by atoms with Crippen LogP contribution in [-0.4, -0.2) is 59.2 Å². The highest BCUT2D eigenvalue weighted by Gasteiger charge is 2.20. The largest absolute Gasteiger partial charge is 0.353 e. The van der Waals surface area contributed by atoms with Crippen molar-refractivity contribution in [1.82, 2.24) is 10.2 Å². The molecular formula is C13H20BrN3O3S. The fourth-order valence-electron chi connectivity index (χ4n) is 1.61. The van der Waals surface area contributed by atoms with Crippen LogP contribution in [0.2, 0.25) is 0 Å². The van der Waals surface area contributed by atoms with Gasteiger partial charge in [0.15, 0.2) is 0 Å². The predicted molar refractivity (Wildman–Crippen MR) is 87.9 cm³/mol. The van der Waals surface area contributed by atoms with Crippen LogP contribution in [0.25, 0.3) is 0 Å². The molecule has 6 nitrogen and oxygen atoms in total. The van der Waals surface area contributed by atoms with E-state index in [-0.39, 0.29) is 12.5 Å². The first-order valence-corrected chi connectivity index (χ1v) is 8.99. The van der Waals surface area contributed by atoms with Crippen molar-refractivity contribution in [2.24, 2.45) is 0 Å². The highest BCUT2D eigenvalue weighted by Crippen LogP contribution is 2.20. The average molecular weight is 378 g/mol. The lowest BCUT2D eigenvalue weighted by molar-refractivity contribution is -0.119. The zero-order valence-corrected chi connectivity index (χ0v) is 14.7. The molecule has 0 bridgehead atoms. The number of halogens is 1. The first-order valence-electron chi connectivity index (χ1n) is 6.35. The van der Waals surface area contributed by atoms with E-state index in [0.29, 0.717) is 18.8 Å². The SMILES string of the molecule is CN(C)CCNC(=O)CN(c1ccc(Br)cc1)S(C)(=O)=O. The lowest BCUT2D eigenvalue weighted by atomic mass is 10.3. The van der Waals surface area contributed by atoms with Crippen LogP contribution < -0.4 is 9.62 Å². The van der Waals surface area contributed by atoms with Crippen LogP contribution in [0.15, 0.2) is 28.7 Å². The number of nitrogens with zero attached hydrogens (tertiary/aromatic N) is 2. The summed E-state index contributed by atoms with van der Waals surface area (Å²) in [6, 6.07) is 6.77. The molecular weight excluding hydrogens is 358 g/mol. The van der Waals surface area contributed by atoms with Crippen molar-refractivity contribution >= 4 is 37.5 Å². The van der Waals surface area contributed by atoms with E-state index in [1.165, 1.54) is 0 Å². The minimum atomic E-state index is -3.52. The van der Waals surface area contributed by atoms with Crippen molar-refractivity contribution in [3.8, 4) is 0 Å². The highest BCUT2D eigenvalue weighted by atomic mass is 79.9. The smallest absolute Gasteiger partial charge is 0.240 e. The van der Waals surface area contributed by atoms with Gasteiger partial charge in [0.25, 0.3) is 0 Å². The number of carbonyl (C=O) groups is 1. The second-order valence-electron chi connectivity index (χ2n) is 4.90. The van der Waals surface area contributed by atoms with E-state index in [1.807, 2.05) is 19.0 Å². The van der Waals surface area contributed by atoms with Crippen molar-refractivity contribution in [3.05, 3.63) is 28.7 Å². The third kappa shape index (κ3) is 6.45. The van der Waals surface area contributed by atoms with Crippen LogP contribution in [0.4, 0.5) is 5.69 Å². The van der Waals surface area contributed by atoms with Crippen LogP contribution in [0.3, 0.4) is 0 Å². The molecule has 1 amide bonds. The second kappa shape index (κ2) is 7.77. The number of anilines is 1. The van der Waals surface area contributed by atoms with Crippen LogP contribution in [0, 0.1) is 0 Å². The normalized spacial score (nSPS) is 11.5. The van der Waals surface area contributed by atoms with Gasteiger partial charge in [-0.2, -0.15) is 0 Å². The minimum absolute atomic E-state index is 0.228. The zero-order chi connectivity index (χ0) is 16.0. The molecule has 1 aromatic carbocycles. The molecule has 0 aliphatic rings. The number of nitrogens with one attached hydrogen (secondary N) is 1. The van der Waals surface area contributed by atoms with E-state index in [1.54, 1.807) is 24.3 Å². The number of hydrogen-bond acceptors (Lipinski definition) is 4. The van der Waals surface area contributed by atoms with Crippen molar-refractivity contribution in [2.45, 2.75) is 0 Å². The summed E-state index contributed by atoms with van der Waals surface area (Å²) in [6.07, 6.45) is 1.09. The van der Waals surface area contributed by atoms with Crippen LogP contribution >= 0.6 is 15.9 Å². The molecule has 0 atom stereocenters. The molecule has 0 aliphatic heterocycles. The van der Waals surface area contributed by atoms with Crippen LogP contribution in [0.5, 0.6) is 0 Å².